The highest BCUT2D eigenvalue weighted by Gasteiger charge is 2.30. The average Bonchev–Trinajstić information content (AvgIpc) is 2.30. The first-order valence-corrected chi connectivity index (χ1v) is 4.94. The van der Waals surface area contributed by atoms with Crippen LogP contribution in [-0.2, 0) is 0 Å². The van der Waals surface area contributed by atoms with Crippen LogP contribution in [0.1, 0.15) is 13.3 Å². The summed E-state index contributed by atoms with van der Waals surface area (Å²) in [6, 6.07) is 0.0478. The Bertz CT molecular complexity index is 148. The second kappa shape index (κ2) is 3.87. The van der Waals surface area contributed by atoms with Gasteiger partial charge in [-0.1, -0.05) is 6.92 Å². The Kier molecular flexibility index (Phi) is 3.29. The maximum atomic E-state index is 11.7. The summed E-state index contributed by atoms with van der Waals surface area (Å²) in [5, 5.41) is 3.00. The average molecular weight is 199 g/mol. The summed E-state index contributed by atoms with van der Waals surface area (Å²) in [5.74, 6) is 0.803. The molecular weight excluding hydrogens is 187 g/mol. The molecule has 1 N–H and O–H groups in total. The van der Waals surface area contributed by atoms with Crippen LogP contribution in [0, 0.1) is 0 Å². The highest BCUT2D eigenvalue weighted by molar-refractivity contribution is 8.00. The van der Waals surface area contributed by atoms with E-state index in [1.165, 1.54) is 0 Å². The van der Waals surface area contributed by atoms with Crippen molar-refractivity contribution in [2.45, 2.75) is 30.8 Å². The minimum atomic E-state index is -4.07. The fourth-order valence-corrected chi connectivity index (χ4v) is 2.40. The molecule has 0 aromatic rings. The quantitative estimate of drug-likeness (QED) is 0.730. The second-order valence-corrected chi connectivity index (χ2v) is 4.54. The number of thioether (sulfide) groups is 1. The van der Waals surface area contributed by atoms with Gasteiger partial charge in [-0.2, -0.15) is 24.9 Å². The van der Waals surface area contributed by atoms with E-state index >= 15 is 0 Å². The molecule has 0 aliphatic carbocycles. The molecule has 0 spiro atoms. The normalized spacial score (nSPS) is 31.0. The van der Waals surface area contributed by atoms with E-state index in [9.17, 15) is 13.2 Å². The lowest BCUT2D eigenvalue weighted by molar-refractivity contribution is -0.125. The minimum absolute atomic E-state index is 0.0478. The van der Waals surface area contributed by atoms with Gasteiger partial charge in [0.2, 0.25) is 0 Å². The van der Waals surface area contributed by atoms with E-state index in [4.69, 9.17) is 0 Å². The molecule has 0 radical (unpaired) electrons. The number of nitrogens with one attached hydrogen (secondary N) is 1. The van der Waals surface area contributed by atoms with Crippen LogP contribution in [0.3, 0.4) is 0 Å². The molecule has 1 aliphatic rings. The first-order valence-electron chi connectivity index (χ1n) is 3.89. The van der Waals surface area contributed by atoms with E-state index in [1.54, 1.807) is 11.8 Å². The first-order chi connectivity index (χ1) is 5.47. The topological polar surface area (TPSA) is 12.0 Å². The molecule has 5 heteroatoms. The Labute approximate surface area is 74.1 Å². The van der Waals surface area contributed by atoms with Crippen LogP contribution in [0.2, 0.25) is 0 Å². The molecule has 1 fully saturated rings. The van der Waals surface area contributed by atoms with Crippen LogP contribution < -0.4 is 5.32 Å². The zero-order chi connectivity index (χ0) is 9.19. The molecule has 0 saturated carbocycles. The minimum Gasteiger partial charge on any atom is -0.305 e. The van der Waals surface area contributed by atoms with Gasteiger partial charge in [-0.3, -0.25) is 0 Å². The number of rotatable bonds is 2. The van der Waals surface area contributed by atoms with Crippen LogP contribution in [-0.4, -0.2) is 29.8 Å². The summed E-state index contributed by atoms with van der Waals surface area (Å²) in [4.78, 5) is 0. The van der Waals surface area contributed by atoms with Gasteiger partial charge in [0.1, 0.15) is 0 Å². The standard InChI is InChI=1S/C7H12F3NS/c1-5-2-6(3-12-5)11-4-7(8,9)10/h5-6,11H,2-4H2,1H3. The summed E-state index contributed by atoms with van der Waals surface area (Å²) >= 11 is 1.73. The van der Waals surface area contributed by atoms with Gasteiger partial charge in [-0.05, 0) is 6.42 Å². The van der Waals surface area contributed by atoms with E-state index in [0.717, 1.165) is 12.2 Å². The summed E-state index contributed by atoms with van der Waals surface area (Å²) in [6.45, 7) is 1.19. The third-order valence-electron chi connectivity index (χ3n) is 1.79. The molecule has 2 atom stereocenters. The van der Waals surface area contributed by atoms with Crippen molar-refractivity contribution in [3.8, 4) is 0 Å². The maximum absolute atomic E-state index is 11.7. The lowest BCUT2D eigenvalue weighted by Gasteiger charge is -2.13. The molecule has 0 aromatic carbocycles. The second-order valence-electron chi connectivity index (χ2n) is 3.07. The SMILES string of the molecule is CC1CC(NCC(F)(F)F)CS1. The third kappa shape index (κ3) is 3.67. The van der Waals surface area contributed by atoms with Crippen molar-refractivity contribution < 1.29 is 13.2 Å². The zero-order valence-corrected chi connectivity index (χ0v) is 7.63. The summed E-state index contributed by atoms with van der Waals surface area (Å²) < 4.78 is 35.2. The Morgan fingerprint density at radius 3 is 2.58 bits per heavy atom. The zero-order valence-electron chi connectivity index (χ0n) is 6.82. The smallest absolute Gasteiger partial charge is 0.305 e. The largest absolute Gasteiger partial charge is 0.401 e. The Hall–Kier alpha value is 0.100. The van der Waals surface area contributed by atoms with Crippen LogP contribution in [0.5, 0.6) is 0 Å². The van der Waals surface area contributed by atoms with Gasteiger partial charge in [-0.25, -0.2) is 0 Å². The fourth-order valence-electron chi connectivity index (χ4n) is 1.22. The molecule has 0 amide bonds. The van der Waals surface area contributed by atoms with E-state index in [-0.39, 0.29) is 6.04 Å². The predicted octanol–water partition coefficient (Wildman–Crippen LogP) is 2.03. The summed E-state index contributed by atoms with van der Waals surface area (Å²) in [5.41, 5.74) is 0. The molecule has 0 aromatic heterocycles. The van der Waals surface area contributed by atoms with Gasteiger partial charge in [0.15, 0.2) is 0 Å². The summed E-state index contributed by atoms with van der Waals surface area (Å²) in [6.07, 6.45) is -3.22. The molecule has 1 heterocycles. The lowest BCUT2D eigenvalue weighted by atomic mass is 10.2. The molecule has 1 saturated heterocycles. The van der Waals surface area contributed by atoms with E-state index in [2.05, 4.69) is 5.32 Å². The van der Waals surface area contributed by atoms with Crippen LogP contribution in [0.15, 0.2) is 0 Å². The van der Waals surface area contributed by atoms with Crippen LogP contribution in [0.25, 0.3) is 0 Å². The van der Waals surface area contributed by atoms with Crippen molar-refractivity contribution >= 4 is 11.8 Å². The Morgan fingerprint density at radius 2 is 2.17 bits per heavy atom. The van der Waals surface area contributed by atoms with Gasteiger partial charge in [0, 0.05) is 17.0 Å². The Balaban J connectivity index is 2.16. The third-order valence-corrected chi connectivity index (χ3v) is 3.15. The lowest BCUT2D eigenvalue weighted by Crippen LogP contribution is -2.37. The van der Waals surface area contributed by atoms with E-state index in [0.29, 0.717) is 5.25 Å². The fraction of sp³-hybridized carbons (Fsp3) is 1.00. The van der Waals surface area contributed by atoms with Gasteiger partial charge in [0.25, 0.3) is 0 Å². The van der Waals surface area contributed by atoms with Crippen molar-refractivity contribution in [3.05, 3.63) is 0 Å². The predicted molar refractivity (Wildman–Crippen MR) is 44.4 cm³/mol. The first kappa shape index (κ1) is 10.2. The van der Waals surface area contributed by atoms with Crippen molar-refractivity contribution in [1.82, 2.24) is 5.32 Å². The number of halogens is 3. The van der Waals surface area contributed by atoms with Crippen molar-refractivity contribution in [2.24, 2.45) is 0 Å². The van der Waals surface area contributed by atoms with Gasteiger partial charge >= 0.3 is 6.18 Å². The van der Waals surface area contributed by atoms with E-state index < -0.39 is 12.7 Å². The van der Waals surface area contributed by atoms with Gasteiger partial charge in [0.05, 0.1) is 6.54 Å². The molecular formula is C7H12F3NS. The molecule has 1 rings (SSSR count). The highest BCUT2D eigenvalue weighted by atomic mass is 32.2. The highest BCUT2D eigenvalue weighted by Crippen LogP contribution is 2.26. The van der Waals surface area contributed by atoms with E-state index in [1.807, 2.05) is 6.92 Å². The Morgan fingerprint density at radius 1 is 1.50 bits per heavy atom. The van der Waals surface area contributed by atoms with Crippen molar-refractivity contribution in [3.63, 3.8) is 0 Å². The molecule has 12 heavy (non-hydrogen) atoms. The van der Waals surface area contributed by atoms with Gasteiger partial charge in [-0.15, -0.1) is 0 Å². The van der Waals surface area contributed by atoms with Gasteiger partial charge < -0.3 is 5.32 Å². The molecule has 72 valence electrons. The number of alkyl halides is 3. The van der Waals surface area contributed by atoms with Crippen LogP contribution in [0.4, 0.5) is 13.2 Å². The summed E-state index contributed by atoms with van der Waals surface area (Å²) in [7, 11) is 0. The molecule has 1 aliphatic heterocycles. The van der Waals surface area contributed by atoms with Crippen LogP contribution >= 0.6 is 11.8 Å². The monoisotopic (exact) mass is 199 g/mol. The van der Waals surface area contributed by atoms with Crippen molar-refractivity contribution in [1.29, 1.82) is 0 Å². The molecule has 2 unspecified atom stereocenters. The number of hydrogen-bond donors (Lipinski definition) is 1. The van der Waals surface area contributed by atoms with Crippen molar-refractivity contribution in [2.75, 3.05) is 12.3 Å². The number of hydrogen-bond acceptors (Lipinski definition) is 2. The molecule has 0 bridgehead atoms. The molecule has 1 nitrogen and oxygen atoms in total. The maximum Gasteiger partial charge on any atom is 0.401 e.